The summed E-state index contributed by atoms with van der Waals surface area (Å²) in [5, 5.41) is 0. The van der Waals surface area contributed by atoms with Crippen molar-refractivity contribution in [1.82, 2.24) is 0 Å². The minimum absolute atomic E-state index is 0.0733. The summed E-state index contributed by atoms with van der Waals surface area (Å²) in [5.41, 5.74) is 7.94. The molecule has 0 aromatic rings. The maximum Gasteiger partial charge on any atom is 0.323 e. The van der Waals surface area contributed by atoms with E-state index in [-0.39, 0.29) is 28.8 Å². The average Bonchev–Trinajstić information content (AvgIpc) is 3.05. The summed E-state index contributed by atoms with van der Waals surface area (Å²) < 4.78 is 5.91. The van der Waals surface area contributed by atoms with E-state index in [2.05, 4.69) is 20.8 Å². The van der Waals surface area contributed by atoms with Gasteiger partial charge in [-0.25, -0.2) is 0 Å². The molecular weight excluding hydrogens is 374 g/mol. The molecule has 4 aliphatic carbocycles. The van der Waals surface area contributed by atoms with Gasteiger partial charge in [0, 0.05) is 12.3 Å². The van der Waals surface area contributed by atoms with Crippen molar-refractivity contribution in [1.29, 1.82) is 0 Å². The van der Waals surface area contributed by atoms with Gasteiger partial charge in [0.25, 0.3) is 0 Å². The monoisotopic (exact) mass is 415 g/mol. The molecule has 3 fully saturated rings. The van der Waals surface area contributed by atoms with Gasteiger partial charge in [0.15, 0.2) is 5.78 Å². The van der Waals surface area contributed by atoms with Crippen LogP contribution in [0.5, 0.6) is 0 Å². The first-order valence-corrected chi connectivity index (χ1v) is 12.3. The van der Waals surface area contributed by atoms with Gasteiger partial charge in [-0.2, -0.15) is 0 Å². The summed E-state index contributed by atoms with van der Waals surface area (Å²) >= 11 is 0. The zero-order chi connectivity index (χ0) is 21.8. The lowest BCUT2D eigenvalue weighted by molar-refractivity contribution is -0.157. The quantitative estimate of drug-likeness (QED) is 0.652. The molecule has 0 amide bonds. The molecule has 4 rings (SSSR count). The number of rotatable bonds is 4. The predicted molar refractivity (Wildman–Crippen MR) is 119 cm³/mol. The lowest BCUT2D eigenvalue weighted by atomic mass is 9.46. The first kappa shape index (κ1) is 22.0. The zero-order valence-electron chi connectivity index (χ0n) is 19.6. The second kappa shape index (κ2) is 7.76. The van der Waals surface area contributed by atoms with Crippen molar-refractivity contribution in [3.8, 4) is 0 Å². The van der Waals surface area contributed by atoms with Crippen LogP contribution in [-0.4, -0.2) is 23.9 Å². The van der Waals surface area contributed by atoms with Crippen LogP contribution in [0.25, 0.3) is 0 Å². The summed E-state index contributed by atoms with van der Waals surface area (Å²) in [7, 11) is 0. The third-order valence-corrected chi connectivity index (χ3v) is 9.89. The van der Waals surface area contributed by atoms with Gasteiger partial charge in [-0.15, -0.1) is 0 Å². The number of fused-ring (bicyclic) bond motifs is 5. The molecule has 4 nitrogen and oxygen atoms in total. The summed E-state index contributed by atoms with van der Waals surface area (Å²) in [6.45, 7) is 10.9. The van der Waals surface area contributed by atoms with Crippen molar-refractivity contribution < 1.29 is 14.3 Å². The minimum Gasteiger partial charge on any atom is -0.461 e. The van der Waals surface area contributed by atoms with Crippen LogP contribution in [0.4, 0.5) is 0 Å². The Morgan fingerprint density at radius 2 is 1.80 bits per heavy atom. The Balaban J connectivity index is 1.51. The van der Waals surface area contributed by atoms with E-state index in [1.807, 2.05) is 19.9 Å². The molecule has 0 spiro atoms. The van der Waals surface area contributed by atoms with Gasteiger partial charge in [0.2, 0.25) is 0 Å². The van der Waals surface area contributed by atoms with Crippen LogP contribution in [0.2, 0.25) is 0 Å². The van der Waals surface area contributed by atoms with Crippen LogP contribution in [-0.2, 0) is 14.3 Å². The van der Waals surface area contributed by atoms with Crippen molar-refractivity contribution in [3.63, 3.8) is 0 Å². The van der Waals surface area contributed by atoms with E-state index in [1.54, 1.807) is 0 Å². The highest BCUT2D eigenvalue weighted by molar-refractivity contribution is 5.91. The van der Waals surface area contributed by atoms with E-state index in [1.165, 1.54) is 31.3 Å². The van der Waals surface area contributed by atoms with Crippen LogP contribution in [0, 0.1) is 40.4 Å². The minimum atomic E-state index is -0.536. The van der Waals surface area contributed by atoms with Crippen molar-refractivity contribution in [2.75, 3.05) is 0 Å². The van der Waals surface area contributed by atoms with Gasteiger partial charge in [-0.1, -0.05) is 33.3 Å². The molecule has 3 saturated carbocycles. The Kier molecular flexibility index (Phi) is 5.70. The summed E-state index contributed by atoms with van der Waals surface area (Å²) in [5.74, 6) is 2.75. The highest BCUT2D eigenvalue weighted by Gasteiger charge is 2.60. The Morgan fingerprint density at radius 1 is 1.07 bits per heavy atom. The summed E-state index contributed by atoms with van der Waals surface area (Å²) in [4.78, 5) is 24.5. The van der Waals surface area contributed by atoms with E-state index in [9.17, 15) is 9.59 Å². The zero-order valence-corrected chi connectivity index (χ0v) is 19.6. The highest BCUT2D eigenvalue weighted by atomic mass is 16.5. The van der Waals surface area contributed by atoms with Crippen LogP contribution in [0.1, 0.15) is 86.0 Å². The molecule has 8 atom stereocenters. The summed E-state index contributed by atoms with van der Waals surface area (Å²) in [6, 6.07) is -0.536. The van der Waals surface area contributed by atoms with Crippen molar-refractivity contribution in [2.45, 2.75) is 98.1 Å². The molecule has 168 valence electrons. The Hall–Kier alpha value is -1.16. The molecule has 0 aromatic carbocycles. The lowest BCUT2D eigenvalue weighted by Crippen LogP contribution is -2.51. The Morgan fingerprint density at radius 3 is 2.50 bits per heavy atom. The number of ketones is 1. The average molecular weight is 416 g/mol. The number of hydrogen-bond donors (Lipinski definition) is 1. The third kappa shape index (κ3) is 3.38. The molecule has 0 saturated heterocycles. The molecule has 0 aromatic heterocycles. The fourth-order valence-corrected chi connectivity index (χ4v) is 7.99. The standard InChI is InChI=1S/C26H41NO3/c1-15(2)23(27)24(29)30-16(3)20-8-9-21-19-7-6-17-14-18(28)10-12-25(17,4)22(19)11-13-26(20,21)5/h14-16,19-23H,6-13,27H2,1-5H3/t16-,19-,20+,21-,22-,23-,25-,26+/m0/s1. The van der Waals surface area contributed by atoms with E-state index in [4.69, 9.17) is 10.5 Å². The van der Waals surface area contributed by atoms with Gasteiger partial charge in [-0.05, 0) is 92.4 Å². The van der Waals surface area contributed by atoms with E-state index < -0.39 is 6.04 Å². The van der Waals surface area contributed by atoms with Crippen LogP contribution in [0.15, 0.2) is 11.6 Å². The van der Waals surface area contributed by atoms with Gasteiger partial charge in [0.05, 0.1) is 0 Å². The van der Waals surface area contributed by atoms with Crippen LogP contribution < -0.4 is 5.73 Å². The van der Waals surface area contributed by atoms with Crippen LogP contribution in [0.3, 0.4) is 0 Å². The summed E-state index contributed by atoms with van der Waals surface area (Å²) in [6.07, 6.45) is 10.8. The van der Waals surface area contributed by atoms with Gasteiger partial charge >= 0.3 is 5.97 Å². The number of carbonyl (C=O) groups is 2. The number of nitrogens with two attached hydrogens (primary N) is 1. The first-order chi connectivity index (χ1) is 14.1. The smallest absolute Gasteiger partial charge is 0.323 e. The van der Waals surface area contributed by atoms with E-state index in [0.29, 0.717) is 23.5 Å². The van der Waals surface area contributed by atoms with Crippen molar-refractivity contribution in [2.24, 2.45) is 46.2 Å². The molecular formula is C26H41NO3. The van der Waals surface area contributed by atoms with Crippen molar-refractivity contribution in [3.05, 3.63) is 11.6 Å². The maximum absolute atomic E-state index is 12.5. The van der Waals surface area contributed by atoms with Crippen molar-refractivity contribution >= 4 is 11.8 Å². The molecule has 4 heteroatoms. The molecule has 30 heavy (non-hydrogen) atoms. The third-order valence-electron chi connectivity index (χ3n) is 9.89. The fourth-order valence-electron chi connectivity index (χ4n) is 7.99. The Labute approximate surface area is 182 Å². The van der Waals surface area contributed by atoms with E-state index in [0.717, 1.165) is 31.6 Å². The second-order valence-electron chi connectivity index (χ2n) is 11.6. The molecule has 2 N–H and O–H groups in total. The largest absolute Gasteiger partial charge is 0.461 e. The molecule has 0 aliphatic heterocycles. The van der Waals surface area contributed by atoms with Gasteiger partial charge < -0.3 is 10.5 Å². The SMILES string of the molecule is CC(C)[C@H](N)C(=O)O[C@@H](C)[C@H]1CC[C@H]2[C@@H]3CCC4=CC(=O)CC[C@]4(C)[C@H]3CC[C@]12C. The number of ether oxygens (including phenoxy) is 1. The van der Waals surface area contributed by atoms with Gasteiger partial charge in [0.1, 0.15) is 12.1 Å². The predicted octanol–water partition coefficient (Wildman–Crippen LogP) is 5.05. The van der Waals surface area contributed by atoms with Crippen LogP contribution >= 0.6 is 0 Å². The topological polar surface area (TPSA) is 69.4 Å². The second-order valence-corrected chi connectivity index (χ2v) is 11.6. The molecule has 0 unspecified atom stereocenters. The van der Waals surface area contributed by atoms with E-state index >= 15 is 0 Å². The number of esters is 1. The number of carbonyl (C=O) groups excluding carboxylic acids is 2. The maximum atomic E-state index is 12.5. The van der Waals surface area contributed by atoms with Gasteiger partial charge in [-0.3, -0.25) is 9.59 Å². The Bertz CT molecular complexity index is 743. The highest BCUT2D eigenvalue weighted by Crippen LogP contribution is 2.67. The number of allylic oxidation sites excluding steroid dienone is 1. The molecule has 0 heterocycles. The molecule has 4 aliphatic rings. The molecule has 0 radical (unpaired) electrons. The first-order valence-electron chi connectivity index (χ1n) is 12.3. The lowest BCUT2D eigenvalue weighted by Gasteiger charge is -2.58. The normalized spacial score (nSPS) is 42.6. The fraction of sp³-hybridized carbons (Fsp3) is 0.846. The molecule has 0 bridgehead atoms. The number of hydrogen-bond acceptors (Lipinski definition) is 4.